The summed E-state index contributed by atoms with van der Waals surface area (Å²) in [6.07, 6.45) is 1.66. The van der Waals surface area contributed by atoms with Crippen LogP contribution in [0.3, 0.4) is 0 Å². The number of ether oxygens (including phenoxy) is 4. The van der Waals surface area contributed by atoms with Crippen molar-refractivity contribution in [2.24, 2.45) is 0 Å². The molecule has 0 atom stereocenters. The summed E-state index contributed by atoms with van der Waals surface area (Å²) < 4.78 is 21.1. The minimum absolute atomic E-state index is 0.136. The summed E-state index contributed by atoms with van der Waals surface area (Å²) in [5.41, 5.74) is 0.731. The van der Waals surface area contributed by atoms with Gasteiger partial charge in [-0.05, 0) is 25.0 Å². The molecule has 1 heterocycles. The van der Waals surface area contributed by atoms with Crippen molar-refractivity contribution in [2.45, 2.75) is 18.9 Å². The van der Waals surface area contributed by atoms with Gasteiger partial charge in [0.15, 0.2) is 11.5 Å². The van der Waals surface area contributed by atoms with Crippen molar-refractivity contribution in [1.82, 2.24) is 5.32 Å². The van der Waals surface area contributed by atoms with Gasteiger partial charge in [0.05, 0.1) is 27.4 Å². The normalized spacial score (nSPS) is 15.0. The van der Waals surface area contributed by atoms with Crippen molar-refractivity contribution < 1.29 is 23.7 Å². The summed E-state index contributed by atoms with van der Waals surface area (Å²) in [5, 5.41) is 3.07. The maximum Gasteiger partial charge on any atom is 0.322 e. The van der Waals surface area contributed by atoms with Gasteiger partial charge in [-0.15, -0.1) is 0 Å². The average molecular weight is 338 g/mol. The molecule has 1 aliphatic rings. The van der Waals surface area contributed by atoms with Crippen molar-refractivity contribution in [3.05, 3.63) is 18.2 Å². The molecule has 1 aromatic rings. The highest BCUT2D eigenvalue weighted by Crippen LogP contribution is 2.31. The van der Waals surface area contributed by atoms with Crippen molar-refractivity contribution in [3.63, 3.8) is 0 Å². The van der Waals surface area contributed by atoms with Crippen molar-refractivity contribution in [2.75, 3.05) is 52.6 Å². The van der Waals surface area contributed by atoms with Crippen LogP contribution in [0.25, 0.3) is 0 Å². The van der Waals surface area contributed by atoms with Crippen LogP contribution in [0, 0.1) is 0 Å². The average Bonchev–Trinajstić information content (AvgIpc) is 2.62. The fourth-order valence-electron chi connectivity index (χ4n) is 2.62. The SMILES string of the molecule is COCCN(C(=O)NC1CCOCC1)c1ccc(OC)c(OC)c1. The van der Waals surface area contributed by atoms with Gasteiger partial charge in [-0.2, -0.15) is 0 Å². The molecular formula is C17H26N2O5. The van der Waals surface area contributed by atoms with Crippen LogP contribution >= 0.6 is 0 Å². The van der Waals surface area contributed by atoms with E-state index in [1.54, 1.807) is 38.4 Å². The standard InChI is InChI=1S/C17H26N2O5/c1-21-11-8-19(17(20)18-13-6-9-24-10-7-13)14-4-5-15(22-2)16(12-14)23-3/h4-5,12-13H,6-11H2,1-3H3,(H,18,20). The van der Waals surface area contributed by atoms with Crippen LogP contribution in [0.4, 0.5) is 10.5 Å². The highest BCUT2D eigenvalue weighted by Gasteiger charge is 2.22. The van der Waals surface area contributed by atoms with Crippen LogP contribution in [-0.4, -0.2) is 59.8 Å². The molecule has 0 aliphatic carbocycles. The van der Waals surface area contributed by atoms with Crippen LogP contribution in [0.1, 0.15) is 12.8 Å². The van der Waals surface area contributed by atoms with Gasteiger partial charge >= 0.3 is 6.03 Å². The van der Waals surface area contributed by atoms with Gasteiger partial charge in [-0.1, -0.05) is 0 Å². The number of nitrogens with zero attached hydrogens (tertiary/aromatic N) is 1. The first-order valence-electron chi connectivity index (χ1n) is 8.06. The van der Waals surface area contributed by atoms with Gasteiger partial charge in [0.1, 0.15) is 0 Å². The summed E-state index contributed by atoms with van der Waals surface area (Å²) in [6, 6.07) is 5.40. The van der Waals surface area contributed by atoms with Crippen LogP contribution in [0.2, 0.25) is 0 Å². The molecule has 2 rings (SSSR count). The number of urea groups is 1. The zero-order valence-electron chi connectivity index (χ0n) is 14.5. The zero-order valence-corrected chi connectivity index (χ0v) is 14.5. The maximum absolute atomic E-state index is 12.7. The number of methoxy groups -OCH3 is 3. The number of carbonyl (C=O) groups excluding carboxylic acids is 1. The van der Waals surface area contributed by atoms with Crippen LogP contribution in [0.5, 0.6) is 11.5 Å². The minimum Gasteiger partial charge on any atom is -0.493 e. The monoisotopic (exact) mass is 338 g/mol. The van der Waals surface area contributed by atoms with E-state index in [1.807, 2.05) is 6.07 Å². The smallest absolute Gasteiger partial charge is 0.322 e. The molecule has 7 nitrogen and oxygen atoms in total. The Bertz CT molecular complexity index is 532. The highest BCUT2D eigenvalue weighted by molar-refractivity contribution is 5.92. The molecule has 7 heteroatoms. The largest absolute Gasteiger partial charge is 0.493 e. The van der Waals surface area contributed by atoms with Gasteiger partial charge in [-0.3, -0.25) is 4.90 Å². The highest BCUT2D eigenvalue weighted by atomic mass is 16.5. The zero-order chi connectivity index (χ0) is 17.4. The third kappa shape index (κ3) is 4.75. The van der Waals surface area contributed by atoms with E-state index in [4.69, 9.17) is 18.9 Å². The molecule has 1 aliphatic heterocycles. The molecule has 0 unspecified atom stereocenters. The van der Waals surface area contributed by atoms with E-state index in [0.717, 1.165) is 18.5 Å². The van der Waals surface area contributed by atoms with Gasteiger partial charge in [-0.25, -0.2) is 4.79 Å². The lowest BCUT2D eigenvalue weighted by molar-refractivity contribution is 0.0803. The quantitative estimate of drug-likeness (QED) is 0.824. The Morgan fingerprint density at radius 2 is 1.92 bits per heavy atom. The van der Waals surface area contributed by atoms with E-state index in [0.29, 0.717) is 37.9 Å². The number of anilines is 1. The second-order valence-electron chi connectivity index (χ2n) is 5.52. The molecule has 1 fully saturated rings. The van der Waals surface area contributed by atoms with E-state index in [2.05, 4.69) is 5.32 Å². The molecule has 0 spiro atoms. The Hall–Kier alpha value is -1.99. The molecule has 24 heavy (non-hydrogen) atoms. The van der Waals surface area contributed by atoms with Gasteiger partial charge in [0, 0.05) is 38.1 Å². The number of rotatable bonds is 7. The topological polar surface area (TPSA) is 69.3 Å². The number of carbonyl (C=O) groups is 1. The predicted molar refractivity (Wildman–Crippen MR) is 91.1 cm³/mol. The van der Waals surface area contributed by atoms with E-state index in [1.165, 1.54) is 0 Å². The molecule has 134 valence electrons. The number of nitrogens with one attached hydrogen (secondary N) is 1. The Labute approximate surface area is 142 Å². The summed E-state index contributed by atoms with van der Waals surface area (Å²) in [7, 11) is 4.77. The van der Waals surface area contributed by atoms with E-state index in [9.17, 15) is 4.79 Å². The van der Waals surface area contributed by atoms with E-state index >= 15 is 0 Å². The van der Waals surface area contributed by atoms with Gasteiger partial charge in [0.2, 0.25) is 0 Å². The summed E-state index contributed by atoms with van der Waals surface area (Å²) in [6.45, 7) is 2.25. The van der Waals surface area contributed by atoms with Crippen LogP contribution in [0.15, 0.2) is 18.2 Å². The molecule has 1 saturated heterocycles. The summed E-state index contributed by atoms with van der Waals surface area (Å²) >= 11 is 0. The Balaban J connectivity index is 2.15. The van der Waals surface area contributed by atoms with Gasteiger partial charge in [0.25, 0.3) is 0 Å². The number of benzene rings is 1. The van der Waals surface area contributed by atoms with E-state index in [-0.39, 0.29) is 12.1 Å². The first kappa shape index (κ1) is 18.4. The molecule has 2 amide bonds. The second-order valence-corrected chi connectivity index (χ2v) is 5.52. The van der Waals surface area contributed by atoms with Crippen LogP contribution < -0.4 is 19.7 Å². The first-order chi connectivity index (χ1) is 11.7. The van der Waals surface area contributed by atoms with Crippen molar-refractivity contribution >= 4 is 11.7 Å². The third-order valence-electron chi connectivity index (χ3n) is 3.99. The lowest BCUT2D eigenvalue weighted by Crippen LogP contribution is -2.47. The Morgan fingerprint density at radius 1 is 1.21 bits per heavy atom. The van der Waals surface area contributed by atoms with Crippen molar-refractivity contribution in [3.8, 4) is 11.5 Å². The third-order valence-corrected chi connectivity index (χ3v) is 3.99. The lowest BCUT2D eigenvalue weighted by atomic mass is 10.1. The number of amides is 2. The second kappa shape index (κ2) is 9.34. The molecule has 0 radical (unpaired) electrons. The van der Waals surface area contributed by atoms with Gasteiger partial charge < -0.3 is 24.3 Å². The number of hydrogen-bond donors (Lipinski definition) is 1. The molecule has 1 aromatic carbocycles. The van der Waals surface area contributed by atoms with Crippen molar-refractivity contribution in [1.29, 1.82) is 0 Å². The van der Waals surface area contributed by atoms with Crippen LogP contribution in [-0.2, 0) is 9.47 Å². The minimum atomic E-state index is -0.147. The molecular weight excluding hydrogens is 312 g/mol. The molecule has 0 aromatic heterocycles. The van der Waals surface area contributed by atoms with E-state index < -0.39 is 0 Å². The number of hydrogen-bond acceptors (Lipinski definition) is 5. The molecule has 0 saturated carbocycles. The Morgan fingerprint density at radius 3 is 2.54 bits per heavy atom. The fourth-order valence-corrected chi connectivity index (χ4v) is 2.62. The summed E-state index contributed by atoms with van der Waals surface area (Å²) in [4.78, 5) is 14.4. The molecule has 0 bridgehead atoms. The summed E-state index contributed by atoms with van der Waals surface area (Å²) in [5.74, 6) is 1.20. The predicted octanol–water partition coefficient (Wildman–Crippen LogP) is 2.05. The lowest BCUT2D eigenvalue weighted by Gasteiger charge is -2.28. The maximum atomic E-state index is 12.7. The fraction of sp³-hybridized carbons (Fsp3) is 0.588. The first-order valence-corrected chi connectivity index (χ1v) is 8.06. The molecule has 1 N–H and O–H groups in total. The Kier molecular flexibility index (Phi) is 7.14.